The van der Waals surface area contributed by atoms with Crippen molar-refractivity contribution in [3.05, 3.63) is 12.2 Å². The summed E-state index contributed by atoms with van der Waals surface area (Å²) in [5, 5.41) is 0. The fourth-order valence-corrected chi connectivity index (χ4v) is 2.58. The Labute approximate surface area is 132 Å². The Hall–Kier alpha value is -0.790. The SMILES string of the molecule is C=C(C)C(=O)OC(C)CCC(CC)CCCCCCCC. The Morgan fingerprint density at radius 2 is 1.62 bits per heavy atom. The monoisotopic (exact) mass is 296 g/mol. The number of unbranched alkanes of at least 4 members (excludes halogenated alkanes) is 5. The average molecular weight is 296 g/mol. The standard InChI is InChI=1S/C19H36O2/c1-6-8-9-10-11-12-13-18(7-2)15-14-17(5)21-19(20)16(3)4/h17-18H,3,6-15H2,1-2,4-5H3. The minimum atomic E-state index is -0.258. The first-order chi connectivity index (χ1) is 10.0. The molecule has 0 N–H and O–H groups in total. The maximum absolute atomic E-state index is 11.4. The van der Waals surface area contributed by atoms with Crippen LogP contribution in [-0.2, 0) is 9.53 Å². The molecule has 2 nitrogen and oxygen atoms in total. The van der Waals surface area contributed by atoms with E-state index in [-0.39, 0.29) is 12.1 Å². The number of esters is 1. The lowest BCUT2D eigenvalue weighted by molar-refractivity contribution is -0.143. The quantitative estimate of drug-likeness (QED) is 0.235. The largest absolute Gasteiger partial charge is 0.459 e. The number of hydrogen-bond donors (Lipinski definition) is 0. The third-order valence-electron chi connectivity index (χ3n) is 4.18. The van der Waals surface area contributed by atoms with Crippen molar-refractivity contribution in [3.8, 4) is 0 Å². The molecule has 2 heteroatoms. The van der Waals surface area contributed by atoms with E-state index in [0.717, 1.165) is 18.8 Å². The van der Waals surface area contributed by atoms with Crippen LogP contribution in [0.25, 0.3) is 0 Å². The molecule has 2 unspecified atom stereocenters. The van der Waals surface area contributed by atoms with Crippen LogP contribution in [0.3, 0.4) is 0 Å². The second-order valence-corrected chi connectivity index (χ2v) is 6.40. The van der Waals surface area contributed by atoms with Gasteiger partial charge in [0.05, 0.1) is 6.10 Å². The summed E-state index contributed by atoms with van der Waals surface area (Å²) in [6.45, 7) is 11.8. The van der Waals surface area contributed by atoms with Gasteiger partial charge in [-0.25, -0.2) is 4.79 Å². The van der Waals surface area contributed by atoms with Gasteiger partial charge >= 0.3 is 5.97 Å². The van der Waals surface area contributed by atoms with Gasteiger partial charge in [-0.1, -0.05) is 71.8 Å². The molecule has 0 saturated carbocycles. The van der Waals surface area contributed by atoms with Crippen molar-refractivity contribution in [2.24, 2.45) is 5.92 Å². The summed E-state index contributed by atoms with van der Waals surface area (Å²) in [5.74, 6) is 0.522. The number of carbonyl (C=O) groups is 1. The smallest absolute Gasteiger partial charge is 0.333 e. The van der Waals surface area contributed by atoms with E-state index in [2.05, 4.69) is 20.4 Å². The first-order valence-corrected chi connectivity index (χ1v) is 8.87. The normalized spacial score (nSPS) is 13.7. The van der Waals surface area contributed by atoms with Gasteiger partial charge in [-0.15, -0.1) is 0 Å². The van der Waals surface area contributed by atoms with Crippen molar-refractivity contribution in [1.29, 1.82) is 0 Å². The Morgan fingerprint density at radius 1 is 1.00 bits per heavy atom. The van der Waals surface area contributed by atoms with Gasteiger partial charge in [0.25, 0.3) is 0 Å². The summed E-state index contributed by atoms with van der Waals surface area (Å²) < 4.78 is 5.34. The van der Waals surface area contributed by atoms with E-state index in [1.807, 2.05) is 6.92 Å². The summed E-state index contributed by atoms with van der Waals surface area (Å²) in [7, 11) is 0. The minimum Gasteiger partial charge on any atom is -0.459 e. The molecule has 0 heterocycles. The molecule has 124 valence electrons. The van der Waals surface area contributed by atoms with Crippen LogP contribution in [0.1, 0.15) is 91.9 Å². The van der Waals surface area contributed by atoms with E-state index < -0.39 is 0 Å². The van der Waals surface area contributed by atoms with Crippen molar-refractivity contribution in [2.45, 2.75) is 98.0 Å². The highest BCUT2D eigenvalue weighted by atomic mass is 16.5. The molecule has 0 bridgehead atoms. The van der Waals surface area contributed by atoms with E-state index >= 15 is 0 Å². The highest BCUT2D eigenvalue weighted by molar-refractivity contribution is 5.87. The van der Waals surface area contributed by atoms with E-state index in [0.29, 0.717) is 5.57 Å². The van der Waals surface area contributed by atoms with Gasteiger partial charge < -0.3 is 4.74 Å². The number of rotatable bonds is 13. The predicted molar refractivity (Wildman–Crippen MR) is 91.4 cm³/mol. The summed E-state index contributed by atoms with van der Waals surface area (Å²) in [6.07, 6.45) is 12.9. The van der Waals surface area contributed by atoms with Gasteiger partial charge in [-0.05, 0) is 32.6 Å². The lowest BCUT2D eigenvalue weighted by Gasteiger charge is -2.18. The third-order valence-corrected chi connectivity index (χ3v) is 4.18. The third kappa shape index (κ3) is 11.5. The zero-order chi connectivity index (χ0) is 16.1. The number of carbonyl (C=O) groups excluding carboxylic acids is 1. The van der Waals surface area contributed by atoms with Crippen LogP contribution < -0.4 is 0 Å². The van der Waals surface area contributed by atoms with Gasteiger partial charge in [0.1, 0.15) is 0 Å². The van der Waals surface area contributed by atoms with E-state index in [4.69, 9.17) is 4.74 Å². The first-order valence-electron chi connectivity index (χ1n) is 8.87. The lowest BCUT2D eigenvalue weighted by atomic mass is 9.92. The molecule has 0 spiro atoms. The number of hydrogen-bond acceptors (Lipinski definition) is 2. The van der Waals surface area contributed by atoms with Crippen LogP contribution in [0.15, 0.2) is 12.2 Å². The zero-order valence-electron chi connectivity index (χ0n) is 14.7. The lowest BCUT2D eigenvalue weighted by Crippen LogP contribution is -2.16. The molecule has 0 aliphatic rings. The maximum atomic E-state index is 11.4. The van der Waals surface area contributed by atoms with E-state index in [1.54, 1.807) is 6.92 Å². The number of ether oxygens (including phenoxy) is 1. The van der Waals surface area contributed by atoms with Crippen LogP contribution in [0.5, 0.6) is 0 Å². The summed E-state index contributed by atoms with van der Waals surface area (Å²) in [5.41, 5.74) is 0.487. The molecular weight excluding hydrogens is 260 g/mol. The molecule has 0 aromatic heterocycles. The van der Waals surface area contributed by atoms with Crippen LogP contribution >= 0.6 is 0 Å². The summed E-state index contributed by atoms with van der Waals surface area (Å²) in [4.78, 5) is 11.4. The molecule has 0 aliphatic carbocycles. The van der Waals surface area contributed by atoms with Crippen molar-refractivity contribution in [1.82, 2.24) is 0 Å². The van der Waals surface area contributed by atoms with Crippen molar-refractivity contribution in [3.63, 3.8) is 0 Å². The Morgan fingerprint density at radius 3 is 2.19 bits per heavy atom. The molecular formula is C19H36O2. The Bertz CT molecular complexity index is 283. The minimum absolute atomic E-state index is 0.00723. The molecule has 0 amide bonds. The van der Waals surface area contributed by atoms with Crippen LogP contribution in [0, 0.1) is 5.92 Å². The van der Waals surface area contributed by atoms with Gasteiger partial charge in [0.15, 0.2) is 0 Å². The topological polar surface area (TPSA) is 26.3 Å². The summed E-state index contributed by atoms with van der Waals surface area (Å²) >= 11 is 0. The highest BCUT2D eigenvalue weighted by Crippen LogP contribution is 2.21. The van der Waals surface area contributed by atoms with Crippen molar-refractivity contribution < 1.29 is 9.53 Å². The maximum Gasteiger partial charge on any atom is 0.333 e. The molecule has 0 aromatic rings. The molecule has 21 heavy (non-hydrogen) atoms. The molecule has 0 fully saturated rings. The summed E-state index contributed by atoms with van der Waals surface area (Å²) in [6, 6.07) is 0. The molecule has 0 radical (unpaired) electrons. The fraction of sp³-hybridized carbons (Fsp3) is 0.842. The molecule has 0 aromatic carbocycles. The van der Waals surface area contributed by atoms with Crippen molar-refractivity contribution in [2.75, 3.05) is 0 Å². The van der Waals surface area contributed by atoms with Gasteiger partial charge in [-0.3, -0.25) is 0 Å². The van der Waals surface area contributed by atoms with E-state index in [9.17, 15) is 4.79 Å². The molecule has 2 atom stereocenters. The van der Waals surface area contributed by atoms with Crippen molar-refractivity contribution >= 4 is 5.97 Å². The van der Waals surface area contributed by atoms with Gasteiger partial charge in [-0.2, -0.15) is 0 Å². The second kappa shape index (κ2) is 12.9. The zero-order valence-corrected chi connectivity index (χ0v) is 14.7. The Balaban J connectivity index is 3.73. The molecule has 0 saturated heterocycles. The van der Waals surface area contributed by atoms with E-state index in [1.165, 1.54) is 51.4 Å². The highest BCUT2D eigenvalue weighted by Gasteiger charge is 2.13. The van der Waals surface area contributed by atoms with Gasteiger partial charge in [0, 0.05) is 5.57 Å². The molecule has 0 aliphatic heterocycles. The molecule has 0 rings (SSSR count). The van der Waals surface area contributed by atoms with Crippen LogP contribution in [0.2, 0.25) is 0 Å². The first kappa shape index (κ1) is 20.2. The fourth-order valence-electron chi connectivity index (χ4n) is 2.58. The van der Waals surface area contributed by atoms with Crippen LogP contribution in [-0.4, -0.2) is 12.1 Å². The van der Waals surface area contributed by atoms with Crippen LogP contribution in [0.4, 0.5) is 0 Å². The van der Waals surface area contributed by atoms with Gasteiger partial charge in [0.2, 0.25) is 0 Å². The Kier molecular flexibility index (Phi) is 12.4. The predicted octanol–water partition coefficient (Wildman–Crippen LogP) is 6.05. The average Bonchev–Trinajstić information content (AvgIpc) is 2.45. The second-order valence-electron chi connectivity index (χ2n) is 6.40.